The van der Waals surface area contributed by atoms with Gasteiger partial charge in [-0.25, -0.2) is 0 Å². The number of nitrogens with zero attached hydrogens (tertiary/aromatic N) is 2. The first-order valence-corrected chi connectivity index (χ1v) is 7.25. The van der Waals surface area contributed by atoms with Gasteiger partial charge < -0.3 is 4.74 Å². The third-order valence-corrected chi connectivity index (χ3v) is 3.94. The molecule has 0 aliphatic heterocycles. The second kappa shape index (κ2) is 6.39. The summed E-state index contributed by atoms with van der Waals surface area (Å²) in [4.78, 5) is 11.3. The molecule has 0 saturated heterocycles. The first kappa shape index (κ1) is 14.3. The molecule has 0 unspecified atom stereocenters. The van der Waals surface area contributed by atoms with Gasteiger partial charge in [0.2, 0.25) is 0 Å². The number of esters is 1. The topological polar surface area (TPSA) is 44.1 Å². The fraction of sp³-hybridized carbons (Fsp3) is 0.385. The lowest BCUT2D eigenvalue weighted by Gasteiger charge is -2.04. The van der Waals surface area contributed by atoms with Crippen LogP contribution in [0.2, 0.25) is 5.02 Å². The minimum Gasteiger partial charge on any atom is -0.466 e. The number of carbonyl (C=O) groups is 1. The van der Waals surface area contributed by atoms with Crippen LogP contribution in [0.1, 0.15) is 19.8 Å². The predicted octanol–water partition coefficient (Wildman–Crippen LogP) is 3.80. The van der Waals surface area contributed by atoms with E-state index in [0.29, 0.717) is 31.0 Å². The lowest BCUT2D eigenvalue weighted by atomic mass is 10.2. The highest BCUT2D eigenvalue weighted by atomic mass is 79.9. The number of benzene rings is 1. The maximum absolute atomic E-state index is 11.3. The smallest absolute Gasteiger partial charge is 0.305 e. The number of fused-ring (bicyclic) bond motifs is 1. The van der Waals surface area contributed by atoms with Crippen LogP contribution in [0, 0.1) is 0 Å². The van der Waals surface area contributed by atoms with Crippen LogP contribution in [0.15, 0.2) is 22.8 Å². The normalized spacial score (nSPS) is 10.9. The number of hydrogen-bond acceptors (Lipinski definition) is 3. The van der Waals surface area contributed by atoms with E-state index in [-0.39, 0.29) is 5.97 Å². The molecule has 0 aliphatic rings. The summed E-state index contributed by atoms with van der Waals surface area (Å²) < 4.78 is 7.60. The van der Waals surface area contributed by atoms with Gasteiger partial charge in [-0.15, -0.1) is 0 Å². The maximum atomic E-state index is 11.3. The number of aryl methyl sites for hydroxylation is 1. The average molecular weight is 346 g/mol. The lowest BCUT2D eigenvalue weighted by molar-refractivity contribution is -0.143. The fourth-order valence-corrected chi connectivity index (χ4v) is 2.38. The first-order chi connectivity index (χ1) is 9.11. The Morgan fingerprint density at radius 1 is 1.53 bits per heavy atom. The van der Waals surface area contributed by atoms with Crippen LogP contribution in [-0.2, 0) is 16.1 Å². The summed E-state index contributed by atoms with van der Waals surface area (Å²) in [6.07, 6.45) is 2.89. The highest BCUT2D eigenvalue weighted by Gasteiger charge is 2.07. The highest BCUT2D eigenvalue weighted by molar-refractivity contribution is 9.10. The van der Waals surface area contributed by atoms with Gasteiger partial charge in [0.25, 0.3) is 0 Å². The van der Waals surface area contributed by atoms with Crippen LogP contribution in [0.4, 0.5) is 0 Å². The summed E-state index contributed by atoms with van der Waals surface area (Å²) in [7, 11) is 0. The predicted molar refractivity (Wildman–Crippen MR) is 78.3 cm³/mol. The quantitative estimate of drug-likeness (QED) is 0.774. The van der Waals surface area contributed by atoms with Gasteiger partial charge in [0.1, 0.15) is 0 Å². The Labute approximate surface area is 124 Å². The van der Waals surface area contributed by atoms with Gasteiger partial charge in [-0.2, -0.15) is 5.10 Å². The van der Waals surface area contributed by atoms with Crippen molar-refractivity contribution in [1.29, 1.82) is 0 Å². The van der Waals surface area contributed by atoms with Crippen molar-refractivity contribution >= 4 is 44.4 Å². The van der Waals surface area contributed by atoms with Crippen LogP contribution in [0.25, 0.3) is 10.9 Å². The molecule has 1 heterocycles. The molecule has 0 N–H and O–H groups in total. The summed E-state index contributed by atoms with van der Waals surface area (Å²) >= 11 is 9.46. The second-order valence-electron chi connectivity index (χ2n) is 4.10. The van der Waals surface area contributed by atoms with E-state index in [1.807, 2.05) is 16.8 Å². The van der Waals surface area contributed by atoms with Crippen molar-refractivity contribution in [3.05, 3.63) is 27.8 Å². The van der Waals surface area contributed by atoms with Gasteiger partial charge >= 0.3 is 5.97 Å². The Bertz CT molecular complexity index is 598. The minimum absolute atomic E-state index is 0.167. The van der Waals surface area contributed by atoms with E-state index in [1.54, 1.807) is 13.1 Å². The molecule has 0 bridgehead atoms. The van der Waals surface area contributed by atoms with Gasteiger partial charge in [-0.05, 0) is 41.4 Å². The molecule has 0 fully saturated rings. The molecule has 102 valence electrons. The molecule has 0 radical (unpaired) electrons. The van der Waals surface area contributed by atoms with E-state index >= 15 is 0 Å². The van der Waals surface area contributed by atoms with Crippen molar-refractivity contribution in [3.8, 4) is 0 Å². The molecule has 1 aromatic carbocycles. The molecule has 19 heavy (non-hydrogen) atoms. The summed E-state index contributed by atoms with van der Waals surface area (Å²) in [5.74, 6) is -0.167. The van der Waals surface area contributed by atoms with Crippen molar-refractivity contribution in [1.82, 2.24) is 9.78 Å². The highest BCUT2D eigenvalue weighted by Crippen LogP contribution is 2.28. The molecule has 1 aromatic heterocycles. The standard InChI is InChI=1S/C13H14BrClN2O2/c1-2-19-13(18)4-3-5-17-12-7-11(15)10(14)6-9(12)8-16-17/h6-8H,2-5H2,1H3. The van der Waals surface area contributed by atoms with Gasteiger partial charge in [0, 0.05) is 22.8 Å². The molecule has 0 saturated carbocycles. The number of carbonyl (C=O) groups excluding carboxylic acids is 1. The first-order valence-electron chi connectivity index (χ1n) is 6.08. The van der Waals surface area contributed by atoms with Crippen LogP contribution < -0.4 is 0 Å². The molecule has 0 atom stereocenters. The van der Waals surface area contributed by atoms with Gasteiger partial charge in [0.15, 0.2) is 0 Å². The molecule has 0 aliphatic carbocycles. The van der Waals surface area contributed by atoms with Crippen molar-refractivity contribution in [2.24, 2.45) is 0 Å². The van der Waals surface area contributed by atoms with Gasteiger partial charge in [-0.1, -0.05) is 11.6 Å². The van der Waals surface area contributed by atoms with Crippen molar-refractivity contribution in [3.63, 3.8) is 0 Å². The molecular formula is C13H14BrClN2O2. The van der Waals surface area contributed by atoms with Crippen LogP contribution in [0.5, 0.6) is 0 Å². The maximum Gasteiger partial charge on any atom is 0.305 e. The summed E-state index contributed by atoms with van der Waals surface area (Å²) in [5, 5.41) is 5.98. The van der Waals surface area contributed by atoms with E-state index in [1.165, 1.54) is 0 Å². The molecular weight excluding hydrogens is 332 g/mol. The van der Waals surface area contributed by atoms with Crippen LogP contribution in [0.3, 0.4) is 0 Å². The zero-order valence-corrected chi connectivity index (χ0v) is 12.9. The van der Waals surface area contributed by atoms with Crippen molar-refractivity contribution in [2.75, 3.05) is 6.61 Å². The zero-order chi connectivity index (χ0) is 13.8. The minimum atomic E-state index is -0.167. The Morgan fingerprint density at radius 2 is 2.32 bits per heavy atom. The number of halogens is 2. The van der Waals surface area contributed by atoms with Crippen LogP contribution in [-0.4, -0.2) is 22.4 Å². The molecule has 0 amide bonds. The summed E-state index contributed by atoms with van der Waals surface area (Å²) in [6, 6.07) is 3.81. The van der Waals surface area contributed by atoms with Gasteiger partial charge in [0.05, 0.1) is 23.3 Å². The molecule has 4 nitrogen and oxygen atoms in total. The van der Waals surface area contributed by atoms with Crippen molar-refractivity contribution < 1.29 is 9.53 Å². The van der Waals surface area contributed by atoms with E-state index in [2.05, 4.69) is 21.0 Å². The second-order valence-corrected chi connectivity index (χ2v) is 5.36. The average Bonchev–Trinajstić information content (AvgIpc) is 2.73. The van der Waals surface area contributed by atoms with E-state index in [0.717, 1.165) is 15.4 Å². The molecule has 2 rings (SSSR count). The largest absolute Gasteiger partial charge is 0.466 e. The van der Waals surface area contributed by atoms with Crippen molar-refractivity contribution in [2.45, 2.75) is 26.3 Å². The molecule has 6 heteroatoms. The van der Waals surface area contributed by atoms with Crippen LogP contribution >= 0.6 is 27.5 Å². The molecule has 2 aromatic rings. The lowest BCUT2D eigenvalue weighted by Crippen LogP contribution is -2.07. The SMILES string of the molecule is CCOC(=O)CCCn1ncc2cc(Br)c(Cl)cc21. The van der Waals surface area contributed by atoms with E-state index in [4.69, 9.17) is 16.3 Å². The Hall–Kier alpha value is -1.07. The monoisotopic (exact) mass is 344 g/mol. The summed E-state index contributed by atoms with van der Waals surface area (Å²) in [6.45, 7) is 2.90. The zero-order valence-electron chi connectivity index (χ0n) is 10.5. The number of rotatable bonds is 5. The van der Waals surface area contributed by atoms with E-state index in [9.17, 15) is 4.79 Å². The van der Waals surface area contributed by atoms with Gasteiger partial charge in [-0.3, -0.25) is 9.48 Å². The number of ether oxygens (including phenoxy) is 1. The van der Waals surface area contributed by atoms with E-state index < -0.39 is 0 Å². The third kappa shape index (κ3) is 3.48. The molecule has 0 spiro atoms. The Morgan fingerprint density at radius 3 is 3.05 bits per heavy atom. The third-order valence-electron chi connectivity index (χ3n) is 2.74. The fourth-order valence-electron chi connectivity index (χ4n) is 1.86. The Kier molecular flexibility index (Phi) is 4.82. The number of hydrogen-bond donors (Lipinski definition) is 0. The Balaban J connectivity index is 2.05. The summed E-state index contributed by atoms with van der Waals surface area (Å²) in [5.41, 5.74) is 0.969. The number of aromatic nitrogens is 2.